The van der Waals surface area contributed by atoms with Crippen molar-refractivity contribution in [2.75, 3.05) is 0 Å². The van der Waals surface area contributed by atoms with Gasteiger partial charge in [-0.05, 0) is 23.3 Å². The molecule has 0 saturated heterocycles. The predicted molar refractivity (Wildman–Crippen MR) is 99.5 cm³/mol. The minimum absolute atomic E-state index is 0.0570. The van der Waals surface area contributed by atoms with E-state index in [9.17, 15) is 14.3 Å². The first-order valence-corrected chi connectivity index (χ1v) is 9.19. The van der Waals surface area contributed by atoms with E-state index in [1.54, 1.807) is 16.8 Å². The first-order chi connectivity index (χ1) is 13.1. The molecule has 0 saturated carbocycles. The summed E-state index contributed by atoms with van der Waals surface area (Å²) >= 11 is 1.34. The number of carboxylic acids is 1. The third-order valence-corrected chi connectivity index (χ3v) is 5.28. The number of aromatic nitrogens is 3. The molecule has 1 atom stereocenters. The molecular formula is C19H15FN4O2S. The van der Waals surface area contributed by atoms with Gasteiger partial charge in [-0.3, -0.25) is 4.79 Å². The monoisotopic (exact) mass is 382 g/mol. The quantitative estimate of drug-likeness (QED) is 0.733. The van der Waals surface area contributed by atoms with E-state index in [-0.39, 0.29) is 17.5 Å². The van der Waals surface area contributed by atoms with Gasteiger partial charge in [-0.1, -0.05) is 54.2 Å². The lowest BCUT2D eigenvalue weighted by Gasteiger charge is -2.22. The predicted octanol–water partition coefficient (Wildman–Crippen LogP) is 3.21. The van der Waals surface area contributed by atoms with Crippen LogP contribution in [0.25, 0.3) is 0 Å². The number of carboxylic acid groups (broad SMARTS) is 1. The second-order valence-electron chi connectivity index (χ2n) is 6.07. The topological polar surface area (TPSA) is 80.4 Å². The van der Waals surface area contributed by atoms with Gasteiger partial charge in [0.15, 0.2) is 5.82 Å². The highest BCUT2D eigenvalue weighted by Gasteiger charge is 2.30. The molecule has 0 aliphatic carbocycles. The molecule has 8 heteroatoms. The molecule has 4 rings (SSSR count). The lowest BCUT2D eigenvalue weighted by atomic mass is 10.1. The van der Waals surface area contributed by atoms with Gasteiger partial charge in [0.2, 0.25) is 5.16 Å². The number of benzene rings is 2. The normalized spacial score (nSPS) is 15.9. The Morgan fingerprint density at radius 1 is 1.11 bits per heavy atom. The van der Waals surface area contributed by atoms with Crippen LogP contribution in [0, 0.1) is 5.82 Å². The molecule has 1 aromatic heterocycles. The molecule has 1 aliphatic heterocycles. The second-order valence-corrected chi connectivity index (χ2v) is 7.24. The standard InChI is InChI=1S/C19H15FN4O2S/c20-14-8-6-12(7-9-14)10-16-21-22-19-24(16)23-18(13-4-2-1-3-5-13)15(27-19)11-17(25)26/h1-9,15H,10-11H2,(H,25,26)/t15-/m0/s1. The summed E-state index contributed by atoms with van der Waals surface area (Å²) in [6, 6.07) is 15.7. The lowest BCUT2D eigenvalue weighted by molar-refractivity contribution is -0.136. The first kappa shape index (κ1) is 17.4. The maximum Gasteiger partial charge on any atom is 0.304 e. The van der Waals surface area contributed by atoms with E-state index < -0.39 is 5.97 Å². The van der Waals surface area contributed by atoms with Crippen molar-refractivity contribution in [1.82, 2.24) is 14.9 Å². The van der Waals surface area contributed by atoms with Crippen LogP contribution >= 0.6 is 11.8 Å². The van der Waals surface area contributed by atoms with Crippen molar-refractivity contribution in [2.45, 2.75) is 23.2 Å². The zero-order valence-electron chi connectivity index (χ0n) is 14.1. The van der Waals surface area contributed by atoms with Crippen LogP contribution in [0.15, 0.2) is 64.9 Å². The van der Waals surface area contributed by atoms with Crippen molar-refractivity contribution < 1.29 is 14.3 Å². The van der Waals surface area contributed by atoms with Gasteiger partial charge in [0, 0.05) is 6.42 Å². The number of nitrogens with zero attached hydrogens (tertiary/aromatic N) is 4. The van der Waals surface area contributed by atoms with Crippen LogP contribution in [-0.2, 0) is 11.2 Å². The third kappa shape index (κ3) is 3.75. The van der Waals surface area contributed by atoms with Crippen LogP contribution < -0.4 is 0 Å². The van der Waals surface area contributed by atoms with Gasteiger partial charge in [-0.25, -0.2) is 4.39 Å². The van der Waals surface area contributed by atoms with Crippen LogP contribution in [0.4, 0.5) is 4.39 Å². The van der Waals surface area contributed by atoms with E-state index in [1.165, 1.54) is 23.9 Å². The molecular weight excluding hydrogens is 367 g/mol. The van der Waals surface area contributed by atoms with Gasteiger partial charge < -0.3 is 5.11 Å². The van der Waals surface area contributed by atoms with Gasteiger partial charge >= 0.3 is 5.97 Å². The number of hydrogen-bond acceptors (Lipinski definition) is 5. The fraction of sp³-hybridized carbons (Fsp3) is 0.158. The number of halogens is 1. The Labute approximate surface area is 158 Å². The fourth-order valence-electron chi connectivity index (χ4n) is 2.87. The summed E-state index contributed by atoms with van der Waals surface area (Å²) in [4.78, 5) is 11.3. The van der Waals surface area contributed by atoms with Gasteiger partial charge in [0.25, 0.3) is 0 Å². The van der Waals surface area contributed by atoms with E-state index in [1.807, 2.05) is 30.3 Å². The Morgan fingerprint density at radius 2 is 1.85 bits per heavy atom. The van der Waals surface area contributed by atoms with Crippen LogP contribution in [0.1, 0.15) is 23.4 Å². The van der Waals surface area contributed by atoms with Gasteiger partial charge in [0.1, 0.15) is 5.82 Å². The van der Waals surface area contributed by atoms with Crippen molar-refractivity contribution in [1.29, 1.82) is 0 Å². The Balaban J connectivity index is 1.72. The summed E-state index contributed by atoms with van der Waals surface area (Å²) in [6.07, 6.45) is 0.390. The Kier molecular flexibility index (Phi) is 4.72. The maximum atomic E-state index is 13.1. The van der Waals surface area contributed by atoms with E-state index in [0.29, 0.717) is 23.1 Å². The molecule has 0 bridgehead atoms. The zero-order valence-corrected chi connectivity index (χ0v) is 14.9. The zero-order chi connectivity index (χ0) is 18.8. The number of thioether (sulfide) groups is 1. The smallest absolute Gasteiger partial charge is 0.304 e. The van der Waals surface area contributed by atoms with Crippen molar-refractivity contribution in [2.24, 2.45) is 5.10 Å². The Bertz CT molecular complexity index is 1000. The summed E-state index contributed by atoms with van der Waals surface area (Å²) in [6.45, 7) is 0. The second kappa shape index (κ2) is 7.32. The minimum atomic E-state index is -0.893. The highest BCUT2D eigenvalue weighted by Crippen LogP contribution is 2.32. The minimum Gasteiger partial charge on any atom is -0.481 e. The molecule has 0 spiro atoms. The summed E-state index contributed by atoms with van der Waals surface area (Å²) < 4.78 is 14.8. The molecule has 1 N–H and O–H groups in total. The fourth-order valence-corrected chi connectivity index (χ4v) is 3.98. The number of carbonyl (C=O) groups is 1. The average Bonchev–Trinajstić information content (AvgIpc) is 3.05. The molecule has 2 heterocycles. The van der Waals surface area contributed by atoms with Crippen molar-refractivity contribution in [3.8, 4) is 0 Å². The van der Waals surface area contributed by atoms with Crippen LogP contribution in [0.5, 0.6) is 0 Å². The van der Waals surface area contributed by atoms with E-state index >= 15 is 0 Å². The van der Waals surface area contributed by atoms with Crippen LogP contribution in [0.2, 0.25) is 0 Å². The maximum absolute atomic E-state index is 13.1. The van der Waals surface area contributed by atoms with Crippen molar-refractivity contribution in [3.05, 3.63) is 77.4 Å². The summed E-state index contributed by atoms with van der Waals surface area (Å²) in [5.41, 5.74) is 2.43. The first-order valence-electron chi connectivity index (χ1n) is 8.31. The average molecular weight is 382 g/mol. The molecule has 27 heavy (non-hydrogen) atoms. The van der Waals surface area contributed by atoms with Gasteiger partial charge in [0.05, 0.1) is 17.4 Å². The molecule has 136 valence electrons. The van der Waals surface area contributed by atoms with Crippen molar-refractivity contribution >= 4 is 23.4 Å². The van der Waals surface area contributed by atoms with Crippen LogP contribution in [0.3, 0.4) is 0 Å². The van der Waals surface area contributed by atoms with Crippen molar-refractivity contribution in [3.63, 3.8) is 0 Å². The Morgan fingerprint density at radius 3 is 2.56 bits per heavy atom. The molecule has 0 fully saturated rings. The number of rotatable bonds is 5. The summed E-state index contributed by atoms with van der Waals surface area (Å²) in [5, 5.41) is 22.5. The molecule has 0 unspecified atom stereocenters. The SMILES string of the molecule is O=C(O)C[C@@H]1Sc2nnc(Cc3ccc(F)cc3)n2N=C1c1ccccc1. The molecule has 3 aromatic rings. The molecule has 0 amide bonds. The van der Waals surface area contributed by atoms with Gasteiger partial charge in [-0.15, -0.1) is 10.2 Å². The molecule has 0 radical (unpaired) electrons. The van der Waals surface area contributed by atoms with E-state index in [4.69, 9.17) is 0 Å². The molecule has 6 nitrogen and oxygen atoms in total. The molecule has 1 aliphatic rings. The van der Waals surface area contributed by atoms with E-state index in [2.05, 4.69) is 15.3 Å². The Hall–Kier alpha value is -3.00. The summed E-state index contributed by atoms with van der Waals surface area (Å²) in [5.74, 6) is -0.569. The highest BCUT2D eigenvalue weighted by atomic mass is 32.2. The number of hydrogen-bond donors (Lipinski definition) is 1. The molecule has 2 aromatic carbocycles. The third-order valence-electron chi connectivity index (χ3n) is 4.14. The number of fused-ring (bicyclic) bond motifs is 1. The van der Waals surface area contributed by atoms with Gasteiger partial charge in [-0.2, -0.15) is 9.78 Å². The summed E-state index contributed by atoms with van der Waals surface area (Å²) in [7, 11) is 0. The number of aliphatic carboxylic acids is 1. The van der Waals surface area contributed by atoms with E-state index in [0.717, 1.165) is 11.1 Å². The largest absolute Gasteiger partial charge is 0.481 e. The van der Waals surface area contributed by atoms with Crippen LogP contribution in [-0.4, -0.2) is 36.9 Å². The lowest BCUT2D eigenvalue weighted by Crippen LogP contribution is -2.27. The highest BCUT2D eigenvalue weighted by molar-refractivity contribution is 8.00.